The summed E-state index contributed by atoms with van der Waals surface area (Å²) in [6.45, 7) is 3.50. The third-order valence-electron chi connectivity index (χ3n) is 7.47. The van der Waals surface area contributed by atoms with Crippen LogP contribution in [-0.4, -0.2) is 57.1 Å². The van der Waals surface area contributed by atoms with Crippen molar-refractivity contribution in [3.05, 3.63) is 108 Å². The third kappa shape index (κ3) is 8.14. The molecule has 226 valence electrons. The zero-order chi connectivity index (χ0) is 31.0. The Bertz CT molecular complexity index is 1650. The van der Waals surface area contributed by atoms with Crippen molar-refractivity contribution in [1.82, 2.24) is 10.2 Å². The van der Waals surface area contributed by atoms with Crippen molar-refractivity contribution in [2.24, 2.45) is 0 Å². The fourth-order valence-electron chi connectivity index (χ4n) is 4.98. The predicted molar refractivity (Wildman–Crippen MR) is 172 cm³/mol. The van der Waals surface area contributed by atoms with Gasteiger partial charge >= 0.3 is 0 Å². The Balaban J connectivity index is 1.79. The minimum Gasteiger partial charge on any atom is -0.497 e. The van der Waals surface area contributed by atoms with Gasteiger partial charge in [0.1, 0.15) is 18.3 Å². The number of methoxy groups -OCH3 is 1. The Morgan fingerprint density at radius 1 is 0.884 bits per heavy atom. The lowest BCUT2D eigenvalue weighted by Crippen LogP contribution is -2.54. The van der Waals surface area contributed by atoms with Crippen LogP contribution in [-0.2, 0) is 32.6 Å². The maximum atomic E-state index is 14.4. The number of rotatable bonds is 13. The molecule has 2 atom stereocenters. The minimum atomic E-state index is -3.88. The SMILES string of the molecule is CC[C@H](C)NC(=O)[C@@H](Cc1ccccc1)N(Cc1cccc(OC)c1)C(=O)CN(c1cccc2ccccc12)S(C)(=O)=O. The first-order valence-corrected chi connectivity index (χ1v) is 16.2. The second-order valence-electron chi connectivity index (χ2n) is 10.7. The van der Waals surface area contributed by atoms with Crippen molar-refractivity contribution in [3.63, 3.8) is 0 Å². The van der Waals surface area contributed by atoms with Crippen molar-refractivity contribution >= 4 is 38.3 Å². The van der Waals surface area contributed by atoms with Gasteiger partial charge in [-0.15, -0.1) is 0 Å². The molecule has 2 amide bonds. The van der Waals surface area contributed by atoms with Crippen LogP contribution in [0.25, 0.3) is 10.8 Å². The first kappa shape index (κ1) is 31.6. The lowest BCUT2D eigenvalue weighted by atomic mass is 10.0. The maximum Gasteiger partial charge on any atom is 0.244 e. The number of hydrogen-bond donors (Lipinski definition) is 1. The van der Waals surface area contributed by atoms with Gasteiger partial charge in [-0.2, -0.15) is 0 Å². The third-order valence-corrected chi connectivity index (χ3v) is 8.60. The molecule has 4 aromatic rings. The highest BCUT2D eigenvalue weighted by Crippen LogP contribution is 2.29. The second-order valence-corrected chi connectivity index (χ2v) is 12.6. The molecule has 0 saturated heterocycles. The zero-order valence-electron chi connectivity index (χ0n) is 25.1. The highest BCUT2D eigenvalue weighted by molar-refractivity contribution is 7.92. The molecule has 0 spiro atoms. The topological polar surface area (TPSA) is 96.0 Å². The van der Waals surface area contributed by atoms with Gasteiger partial charge in [-0.05, 0) is 48.1 Å². The van der Waals surface area contributed by atoms with Crippen molar-refractivity contribution in [2.45, 2.75) is 45.3 Å². The van der Waals surface area contributed by atoms with E-state index in [2.05, 4.69) is 5.32 Å². The molecule has 0 aromatic heterocycles. The number of carbonyl (C=O) groups excluding carboxylic acids is 2. The minimum absolute atomic E-state index is 0.0780. The Morgan fingerprint density at radius 3 is 2.23 bits per heavy atom. The summed E-state index contributed by atoms with van der Waals surface area (Å²) in [6, 6.07) is 28.6. The van der Waals surface area contributed by atoms with Crippen LogP contribution in [0.4, 0.5) is 5.69 Å². The number of ether oxygens (including phenoxy) is 1. The summed E-state index contributed by atoms with van der Waals surface area (Å²) in [5.74, 6) is -0.186. The first-order valence-electron chi connectivity index (χ1n) is 14.3. The summed E-state index contributed by atoms with van der Waals surface area (Å²) < 4.78 is 33.0. The highest BCUT2D eigenvalue weighted by atomic mass is 32.2. The van der Waals surface area contributed by atoms with Crippen LogP contribution in [0, 0.1) is 0 Å². The van der Waals surface area contributed by atoms with Crippen LogP contribution < -0.4 is 14.4 Å². The van der Waals surface area contributed by atoms with Crippen LogP contribution in [0.2, 0.25) is 0 Å². The maximum absolute atomic E-state index is 14.4. The van der Waals surface area contributed by atoms with Gasteiger partial charge in [0, 0.05) is 24.4 Å². The smallest absolute Gasteiger partial charge is 0.244 e. The lowest BCUT2D eigenvalue weighted by molar-refractivity contribution is -0.140. The highest BCUT2D eigenvalue weighted by Gasteiger charge is 2.33. The van der Waals surface area contributed by atoms with Gasteiger partial charge in [0.15, 0.2) is 0 Å². The van der Waals surface area contributed by atoms with Gasteiger partial charge in [0.25, 0.3) is 0 Å². The summed E-state index contributed by atoms with van der Waals surface area (Å²) >= 11 is 0. The van der Waals surface area contributed by atoms with Crippen molar-refractivity contribution in [1.29, 1.82) is 0 Å². The molecule has 0 heterocycles. The van der Waals surface area contributed by atoms with Crippen LogP contribution in [0.15, 0.2) is 97.1 Å². The van der Waals surface area contributed by atoms with E-state index >= 15 is 0 Å². The number of nitrogens with zero attached hydrogens (tertiary/aromatic N) is 2. The lowest BCUT2D eigenvalue weighted by Gasteiger charge is -2.34. The van der Waals surface area contributed by atoms with Crippen molar-refractivity contribution in [2.75, 3.05) is 24.2 Å². The molecule has 0 aliphatic rings. The normalized spacial score (nSPS) is 12.7. The van der Waals surface area contributed by atoms with Gasteiger partial charge in [-0.3, -0.25) is 13.9 Å². The van der Waals surface area contributed by atoms with E-state index in [0.717, 1.165) is 33.5 Å². The molecule has 9 heteroatoms. The molecule has 0 saturated carbocycles. The van der Waals surface area contributed by atoms with E-state index in [1.807, 2.05) is 92.7 Å². The van der Waals surface area contributed by atoms with Crippen LogP contribution in [0.5, 0.6) is 5.75 Å². The monoisotopic (exact) mass is 601 g/mol. The summed E-state index contributed by atoms with van der Waals surface area (Å²) in [5, 5.41) is 4.60. The van der Waals surface area contributed by atoms with E-state index in [4.69, 9.17) is 4.74 Å². The molecule has 4 rings (SSSR count). The van der Waals surface area contributed by atoms with Crippen molar-refractivity contribution in [3.8, 4) is 5.75 Å². The zero-order valence-corrected chi connectivity index (χ0v) is 25.9. The van der Waals surface area contributed by atoms with Crippen molar-refractivity contribution < 1.29 is 22.7 Å². The largest absolute Gasteiger partial charge is 0.497 e. The number of hydrogen-bond acceptors (Lipinski definition) is 5. The summed E-state index contributed by atoms with van der Waals surface area (Å²) in [6.07, 6.45) is 2.06. The molecule has 0 aliphatic heterocycles. The van der Waals surface area contributed by atoms with E-state index in [0.29, 0.717) is 16.8 Å². The summed E-state index contributed by atoms with van der Waals surface area (Å²) in [5.41, 5.74) is 2.03. The number of benzene rings is 4. The first-order chi connectivity index (χ1) is 20.6. The molecule has 43 heavy (non-hydrogen) atoms. The molecule has 0 aliphatic carbocycles. The fourth-order valence-corrected chi connectivity index (χ4v) is 5.84. The Hall–Kier alpha value is -4.37. The quantitative estimate of drug-likeness (QED) is 0.228. The molecule has 0 fully saturated rings. The van der Waals surface area contributed by atoms with Gasteiger partial charge in [0.05, 0.1) is 19.1 Å². The van der Waals surface area contributed by atoms with Crippen LogP contribution >= 0.6 is 0 Å². The van der Waals surface area contributed by atoms with Crippen LogP contribution in [0.3, 0.4) is 0 Å². The Morgan fingerprint density at radius 2 is 1.53 bits per heavy atom. The molecule has 1 N–H and O–H groups in total. The van der Waals surface area contributed by atoms with E-state index in [-0.39, 0.29) is 24.9 Å². The average molecular weight is 602 g/mol. The Labute approximate surface area is 254 Å². The van der Waals surface area contributed by atoms with E-state index in [1.165, 1.54) is 4.90 Å². The molecule has 0 unspecified atom stereocenters. The fraction of sp³-hybridized carbons (Fsp3) is 0.294. The molecule has 0 radical (unpaired) electrons. The summed E-state index contributed by atoms with van der Waals surface area (Å²) in [7, 11) is -2.32. The summed E-state index contributed by atoms with van der Waals surface area (Å²) in [4.78, 5) is 29.7. The molecular formula is C34H39N3O5S. The molecule has 0 bridgehead atoms. The molecule has 4 aromatic carbocycles. The predicted octanol–water partition coefficient (Wildman–Crippen LogP) is 5.17. The second kappa shape index (κ2) is 14.2. The number of sulfonamides is 1. The standard InChI is InChI=1S/C34H39N3O5S/c1-5-25(2)35-34(39)32(22-26-13-7-6-8-14-26)36(23-27-15-11-18-29(21-27)42-3)33(38)24-37(43(4,40)41)31-20-12-17-28-16-9-10-19-30(28)31/h6-21,25,32H,5,22-24H2,1-4H3,(H,35,39)/t25-,32+/m0/s1. The van der Waals surface area contributed by atoms with E-state index in [1.54, 1.807) is 25.3 Å². The van der Waals surface area contributed by atoms with E-state index in [9.17, 15) is 18.0 Å². The number of fused-ring (bicyclic) bond motifs is 1. The molecular weight excluding hydrogens is 562 g/mol. The van der Waals surface area contributed by atoms with Gasteiger partial charge < -0.3 is 15.0 Å². The van der Waals surface area contributed by atoms with Gasteiger partial charge in [0.2, 0.25) is 21.8 Å². The number of nitrogens with one attached hydrogen (secondary N) is 1. The number of anilines is 1. The van der Waals surface area contributed by atoms with Gasteiger partial charge in [-0.25, -0.2) is 8.42 Å². The average Bonchev–Trinajstić information content (AvgIpc) is 3.01. The van der Waals surface area contributed by atoms with Gasteiger partial charge in [-0.1, -0.05) is 85.8 Å². The number of carbonyl (C=O) groups is 2. The molecule has 8 nitrogen and oxygen atoms in total. The number of amides is 2. The van der Waals surface area contributed by atoms with E-state index < -0.39 is 28.5 Å². The Kier molecular flexibility index (Phi) is 10.4. The van der Waals surface area contributed by atoms with Crippen LogP contribution in [0.1, 0.15) is 31.4 Å².